The lowest BCUT2D eigenvalue weighted by Gasteiger charge is -2.40. The Morgan fingerprint density at radius 2 is 2.00 bits per heavy atom. The minimum absolute atomic E-state index is 0.129. The lowest BCUT2D eigenvalue weighted by Crippen LogP contribution is -2.56. The molecule has 0 spiro atoms. The molecule has 0 unspecified atom stereocenters. The van der Waals surface area contributed by atoms with Crippen molar-refractivity contribution in [2.45, 2.75) is 38.3 Å². The van der Waals surface area contributed by atoms with Crippen LogP contribution in [0.5, 0.6) is 0 Å². The van der Waals surface area contributed by atoms with Crippen molar-refractivity contribution in [1.82, 2.24) is 0 Å². The van der Waals surface area contributed by atoms with Crippen LogP contribution < -0.4 is 0 Å². The largest absolute Gasteiger partial charge is 0.479 e. The lowest BCUT2D eigenvalue weighted by atomic mass is 9.89. The molecule has 0 amide bonds. The van der Waals surface area contributed by atoms with Gasteiger partial charge in [0.25, 0.3) is 0 Å². The van der Waals surface area contributed by atoms with Crippen LogP contribution in [0.1, 0.15) is 13.8 Å². The van der Waals surface area contributed by atoms with Crippen molar-refractivity contribution >= 4 is 5.97 Å². The van der Waals surface area contributed by atoms with E-state index in [1.54, 1.807) is 13.8 Å². The van der Waals surface area contributed by atoms with Gasteiger partial charge < -0.3 is 19.7 Å². The Labute approximate surface area is 82.6 Å². The highest BCUT2D eigenvalue weighted by molar-refractivity contribution is 5.73. The molecule has 1 fully saturated rings. The normalized spacial score (nSPS) is 43.6. The van der Waals surface area contributed by atoms with E-state index in [2.05, 4.69) is 0 Å². The third-order valence-electron chi connectivity index (χ3n) is 2.79. The summed E-state index contributed by atoms with van der Waals surface area (Å²) >= 11 is 0. The van der Waals surface area contributed by atoms with E-state index in [9.17, 15) is 9.90 Å². The monoisotopic (exact) mass is 204 g/mol. The maximum atomic E-state index is 10.8. The summed E-state index contributed by atoms with van der Waals surface area (Å²) in [6.07, 6.45) is -2.96. The van der Waals surface area contributed by atoms with Crippen molar-refractivity contribution in [3.8, 4) is 0 Å². The molecular weight excluding hydrogens is 188 g/mol. The van der Waals surface area contributed by atoms with E-state index in [1.807, 2.05) is 0 Å². The van der Waals surface area contributed by atoms with Crippen LogP contribution in [0.2, 0.25) is 0 Å². The van der Waals surface area contributed by atoms with E-state index in [0.717, 1.165) is 0 Å². The molecule has 14 heavy (non-hydrogen) atoms. The number of rotatable bonds is 2. The molecule has 0 bridgehead atoms. The number of hydrogen-bond donors (Lipinski definition) is 2. The van der Waals surface area contributed by atoms with Crippen molar-refractivity contribution in [1.29, 1.82) is 0 Å². The van der Waals surface area contributed by atoms with Crippen molar-refractivity contribution in [3.63, 3.8) is 0 Å². The van der Waals surface area contributed by atoms with Gasteiger partial charge in [0.15, 0.2) is 6.10 Å². The van der Waals surface area contributed by atoms with Gasteiger partial charge in [0.05, 0.1) is 12.2 Å². The second-order valence-corrected chi connectivity index (χ2v) is 3.65. The van der Waals surface area contributed by atoms with Gasteiger partial charge in [0, 0.05) is 13.0 Å². The van der Waals surface area contributed by atoms with Crippen molar-refractivity contribution in [3.05, 3.63) is 0 Å². The van der Waals surface area contributed by atoms with Crippen LogP contribution in [0.15, 0.2) is 0 Å². The first-order valence-electron chi connectivity index (χ1n) is 4.58. The maximum Gasteiger partial charge on any atom is 0.335 e. The number of ether oxygens (including phenoxy) is 2. The third kappa shape index (κ3) is 1.89. The van der Waals surface area contributed by atoms with Gasteiger partial charge in [-0.3, -0.25) is 0 Å². The predicted molar refractivity (Wildman–Crippen MR) is 47.9 cm³/mol. The van der Waals surface area contributed by atoms with Crippen molar-refractivity contribution in [2.75, 3.05) is 7.11 Å². The first-order valence-corrected chi connectivity index (χ1v) is 4.58. The molecule has 2 N–H and O–H groups in total. The average molecular weight is 204 g/mol. The molecule has 1 rings (SSSR count). The fourth-order valence-corrected chi connectivity index (χ4v) is 1.65. The molecule has 82 valence electrons. The smallest absolute Gasteiger partial charge is 0.335 e. The second kappa shape index (κ2) is 4.25. The summed E-state index contributed by atoms with van der Waals surface area (Å²) in [5.74, 6) is -1.23. The zero-order valence-electron chi connectivity index (χ0n) is 8.51. The Morgan fingerprint density at radius 1 is 1.43 bits per heavy atom. The number of carboxylic acid groups (broad SMARTS) is 1. The molecule has 0 aromatic rings. The summed E-state index contributed by atoms with van der Waals surface area (Å²) in [5, 5.41) is 18.6. The van der Waals surface area contributed by atoms with Gasteiger partial charge in [-0.2, -0.15) is 0 Å². The summed E-state index contributed by atoms with van der Waals surface area (Å²) in [5.41, 5.74) is 0. The summed E-state index contributed by atoms with van der Waals surface area (Å²) in [7, 11) is 1.37. The van der Waals surface area contributed by atoms with E-state index in [1.165, 1.54) is 7.11 Å². The van der Waals surface area contributed by atoms with E-state index in [-0.39, 0.29) is 12.0 Å². The highest BCUT2D eigenvalue weighted by Gasteiger charge is 2.44. The minimum Gasteiger partial charge on any atom is -0.479 e. The summed E-state index contributed by atoms with van der Waals surface area (Å²) in [6, 6.07) is 0. The topological polar surface area (TPSA) is 76.0 Å². The number of aliphatic hydroxyl groups excluding tert-OH is 1. The highest BCUT2D eigenvalue weighted by Crippen LogP contribution is 2.27. The van der Waals surface area contributed by atoms with Gasteiger partial charge in [0.1, 0.15) is 6.10 Å². The van der Waals surface area contributed by atoms with E-state index in [0.29, 0.717) is 0 Å². The summed E-state index contributed by atoms with van der Waals surface area (Å²) in [6.45, 7) is 3.55. The lowest BCUT2D eigenvalue weighted by molar-refractivity contribution is -0.212. The second-order valence-electron chi connectivity index (χ2n) is 3.65. The molecule has 1 saturated heterocycles. The number of aliphatic hydroxyl groups is 1. The van der Waals surface area contributed by atoms with Crippen molar-refractivity contribution in [2.24, 2.45) is 5.92 Å². The molecule has 1 heterocycles. The molecule has 0 radical (unpaired) electrons. The van der Waals surface area contributed by atoms with E-state index >= 15 is 0 Å². The molecule has 1 aliphatic heterocycles. The number of aliphatic carboxylic acids is 1. The van der Waals surface area contributed by atoms with E-state index < -0.39 is 24.3 Å². The molecule has 5 atom stereocenters. The molecule has 5 nitrogen and oxygen atoms in total. The Bertz CT molecular complexity index is 217. The summed E-state index contributed by atoms with van der Waals surface area (Å²) < 4.78 is 10.2. The number of hydrogen-bond acceptors (Lipinski definition) is 4. The quantitative estimate of drug-likeness (QED) is 0.655. The van der Waals surface area contributed by atoms with Gasteiger partial charge in [-0.15, -0.1) is 0 Å². The highest BCUT2D eigenvalue weighted by atomic mass is 16.6. The maximum absolute atomic E-state index is 10.8. The SMILES string of the molecule is CO[C@H]1[C@H](O)[C@@H](C)[C@H](C)O[C@@H]1C(=O)O. The molecule has 5 heteroatoms. The van der Waals surface area contributed by atoms with Gasteiger partial charge >= 0.3 is 5.97 Å². The van der Waals surface area contributed by atoms with Gasteiger partial charge in [-0.1, -0.05) is 6.92 Å². The van der Waals surface area contributed by atoms with Crippen LogP contribution in [-0.4, -0.2) is 47.7 Å². The molecular formula is C9H16O5. The summed E-state index contributed by atoms with van der Waals surface area (Å²) in [4.78, 5) is 10.8. The first-order chi connectivity index (χ1) is 6.49. The van der Waals surface area contributed by atoms with Crippen LogP contribution in [-0.2, 0) is 14.3 Å². The van der Waals surface area contributed by atoms with Gasteiger partial charge in [-0.25, -0.2) is 4.79 Å². The van der Waals surface area contributed by atoms with Gasteiger partial charge in [-0.05, 0) is 6.92 Å². The van der Waals surface area contributed by atoms with E-state index in [4.69, 9.17) is 14.6 Å². The first kappa shape index (κ1) is 11.4. The molecule has 0 saturated carbocycles. The van der Waals surface area contributed by atoms with Crippen molar-refractivity contribution < 1.29 is 24.5 Å². The standard InChI is InChI=1S/C9H16O5/c1-4-5(2)14-8(9(11)12)7(13-3)6(4)10/h4-8,10H,1-3H3,(H,11,12)/t4-,5-,6+,7-,8-/m0/s1. The fraction of sp³-hybridized carbons (Fsp3) is 0.889. The van der Waals surface area contributed by atoms with Crippen LogP contribution in [0, 0.1) is 5.92 Å². The number of carboxylic acids is 1. The Morgan fingerprint density at radius 3 is 2.43 bits per heavy atom. The third-order valence-corrected chi connectivity index (χ3v) is 2.79. The zero-order chi connectivity index (χ0) is 10.9. The molecule has 0 aromatic heterocycles. The van der Waals surface area contributed by atoms with Crippen LogP contribution in [0.25, 0.3) is 0 Å². The van der Waals surface area contributed by atoms with Crippen LogP contribution in [0.4, 0.5) is 0 Å². The fourth-order valence-electron chi connectivity index (χ4n) is 1.65. The Hall–Kier alpha value is -0.650. The van der Waals surface area contributed by atoms with Gasteiger partial charge in [0.2, 0.25) is 0 Å². The van der Waals surface area contributed by atoms with Crippen LogP contribution in [0.3, 0.4) is 0 Å². The zero-order valence-corrected chi connectivity index (χ0v) is 8.51. The number of methoxy groups -OCH3 is 1. The number of carbonyl (C=O) groups is 1. The average Bonchev–Trinajstić information content (AvgIpc) is 2.13. The predicted octanol–water partition coefficient (Wildman–Crippen LogP) is -0.130. The molecule has 0 aliphatic carbocycles. The Balaban J connectivity index is 2.82. The minimum atomic E-state index is -1.10. The van der Waals surface area contributed by atoms with Crippen LogP contribution >= 0.6 is 0 Å². The molecule has 1 aliphatic rings. The molecule has 0 aromatic carbocycles. The Kier molecular flexibility index (Phi) is 3.47.